The average molecular weight is 175 g/mol. The molecule has 0 fully saturated rings. The molecule has 0 rings (SSSR count). The number of rotatable bonds is 3. The molecule has 8 heteroatoms. The molecule has 9 heavy (non-hydrogen) atoms. The number of thiol groups is 1. The van der Waals surface area contributed by atoms with Crippen molar-refractivity contribution in [2.24, 2.45) is 0 Å². The van der Waals surface area contributed by atoms with Crippen molar-refractivity contribution >= 4 is 18.5 Å². The standard InChI is InChI=1S/CH6NO5PS/c3-8(4,5)1-2-9(6)7/h9H,1H2,(H,2,6,7)(H2,3,4,5). The maximum absolute atomic E-state index is 9.90. The fourth-order valence-corrected chi connectivity index (χ4v) is 1.35. The van der Waals surface area contributed by atoms with E-state index in [0.29, 0.717) is 0 Å². The highest BCUT2D eigenvalue weighted by molar-refractivity contribution is 7.70. The highest BCUT2D eigenvalue weighted by atomic mass is 32.2. The van der Waals surface area contributed by atoms with Crippen LogP contribution >= 0.6 is 7.60 Å². The summed E-state index contributed by atoms with van der Waals surface area (Å²) in [4.78, 5) is 16.1. The molecule has 0 radical (unpaired) electrons. The molecule has 0 heterocycles. The Bertz CT molecular complexity index is 183. The van der Waals surface area contributed by atoms with Gasteiger partial charge in [-0.2, -0.15) is 0 Å². The zero-order valence-corrected chi connectivity index (χ0v) is 6.01. The van der Waals surface area contributed by atoms with Crippen molar-refractivity contribution in [3.05, 3.63) is 0 Å². The zero-order valence-electron chi connectivity index (χ0n) is 4.22. The number of nitrogens with one attached hydrogen (secondary N) is 1. The maximum atomic E-state index is 9.90. The van der Waals surface area contributed by atoms with Gasteiger partial charge in [0.1, 0.15) is 6.29 Å². The van der Waals surface area contributed by atoms with Crippen molar-refractivity contribution in [1.82, 2.24) is 4.72 Å². The third-order valence-corrected chi connectivity index (χ3v) is 1.64. The Morgan fingerprint density at radius 2 is 1.89 bits per heavy atom. The highest BCUT2D eigenvalue weighted by Gasteiger charge is 2.11. The summed E-state index contributed by atoms with van der Waals surface area (Å²) in [5.74, 6) is 0. The molecule has 0 aromatic rings. The van der Waals surface area contributed by atoms with E-state index in [2.05, 4.69) is 0 Å². The Morgan fingerprint density at radius 1 is 1.44 bits per heavy atom. The summed E-state index contributed by atoms with van der Waals surface area (Å²) in [6.45, 7) is 0. The quantitative estimate of drug-likeness (QED) is 0.300. The summed E-state index contributed by atoms with van der Waals surface area (Å²) in [6.07, 6.45) is -0.828. The third-order valence-electron chi connectivity index (χ3n) is 0.406. The lowest BCUT2D eigenvalue weighted by Gasteiger charge is -1.98. The first-order valence-electron chi connectivity index (χ1n) is 1.84. The molecule has 0 bridgehead atoms. The predicted octanol–water partition coefficient (Wildman–Crippen LogP) is -1.76. The van der Waals surface area contributed by atoms with Crippen molar-refractivity contribution in [2.45, 2.75) is 0 Å². The minimum absolute atomic E-state index is 0.828. The van der Waals surface area contributed by atoms with Gasteiger partial charge >= 0.3 is 7.60 Å². The van der Waals surface area contributed by atoms with Gasteiger partial charge in [-0.1, -0.05) is 0 Å². The van der Waals surface area contributed by atoms with Crippen molar-refractivity contribution in [3.63, 3.8) is 0 Å². The molecular formula is CH6NO5PS. The first kappa shape index (κ1) is 9.06. The van der Waals surface area contributed by atoms with Gasteiger partial charge in [0.2, 0.25) is 10.9 Å². The molecule has 0 aliphatic carbocycles. The summed E-state index contributed by atoms with van der Waals surface area (Å²) < 4.78 is 30.7. The lowest BCUT2D eigenvalue weighted by molar-refractivity contribution is 0.371. The molecule has 56 valence electrons. The van der Waals surface area contributed by atoms with Gasteiger partial charge in [0.25, 0.3) is 0 Å². The molecule has 0 unspecified atom stereocenters. The van der Waals surface area contributed by atoms with E-state index in [4.69, 9.17) is 9.79 Å². The van der Waals surface area contributed by atoms with Crippen LogP contribution in [0.15, 0.2) is 0 Å². The molecule has 0 aliphatic rings. The van der Waals surface area contributed by atoms with E-state index in [9.17, 15) is 13.0 Å². The molecule has 3 N–H and O–H groups in total. The fraction of sp³-hybridized carbons (Fsp3) is 1.00. The third kappa shape index (κ3) is 8.06. The van der Waals surface area contributed by atoms with Crippen LogP contribution in [-0.4, -0.2) is 24.5 Å². The number of hydrogen-bond acceptors (Lipinski definition) is 3. The summed E-state index contributed by atoms with van der Waals surface area (Å²) in [6, 6.07) is 0. The van der Waals surface area contributed by atoms with Crippen LogP contribution in [0.5, 0.6) is 0 Å². The first-order chi connectivity index (χ1) is 3.92. The second-order valence-electron chi connectivity index (χ2n) is 1.24. The van der Waals surface area contributed by atoms with Crippen molar-refractivity contribution in [1.29, 1.82) is 0 Å². The first-order valence-corrected chi connectivity index (χ1v) is 4.82. The van der Waals surface area contributed by atoms with Gasteiger partial charge in [-0.15, -0.1) is 0 Å². The SMILES string of the molecule is O=[SH](=O)NCP(=O)(O)O. The van der Waals surface area contributed by atoms with Gasteiger partial charge < -0.3 is 9.79 Å². The Labute approximate surface area is 53.1 Å². The van der Waals surface area contributed by atoms with E-state index in [0.717, 1.165) is 0 Å². The Balaban J connectivity index is 3.66. The van der Waals surface area contributed by atoms with Crippen LogP contribution in [0.4, 0.5) is 0 Å². The van der Waals surface area contributed by atoms with Crippen LogP contribution in [0.2, 0.25) is 0 Å². The van der Waals surface area contributed by atoms with E-state index in [1.165, 1.54) is 0 Å². The topological polar surface area (TPSA) is 104 Å². The van der Waals surface area contributed by atoms with Crippen molar-refractivity contribution in [3.8, 4) is 0 Å². The fourth-order valence-electron chi connectivity index (χ4n) is 0.150. The average Bonchev–Trinajstić information content (AvgIpc) is 1.59. The molecule has 0 aromatic carbocycles. The molecule has 0 spiro atoms. The van der Waals surface area contributed by atoms with Crippen LogP contribution in [0.3, 0.4) is 0 Å². The van der Waals surface area contributed by atoms with E-state index in [1.807, 2.05) is 0 Å². The number of hydrogen-bond donors (Lipinski definition) is 4. The highest BCUT2D eigenvalue weighted by Crippen LogP contribution is 2.31. The Kier molecular flexibility index (Phi) is 3.31. The normalized spacial score (nSPS) is 12.3. The summed E-state index contributed by atoms with van der Waals surface area (Å²) in [5.41, 5.74) is 0. The molecule has 6 nitrogen and oxygen atoms in total. The molecule has 0 saturated carbocycles. The summed E-state index contributed by atoms with van der Waals surface area (Å²) in [7, 11) is -7.12. The lowest BCUT2D eigenvalue weighted by Crippen LogP contribution is -2.12. The second-order valence-corrected chi connectivity index (χ2v) is 3.71. The largest absolute Gasteiger partial charge is 0.340 e. The van der Waals surface area contributed by atoms with Crippen LogP contribution in [0, 0.1) is 0 Å². The second kappa shape index (κ2) is 3.28. The van der Waals surface area contributed by atoms with Gasteiger partial charge in [0.05, 0.1) is 0 Å². The molecule has 0 aliphatic heterocycles. The van der Waals surface area contributed by atoms with Gasteiger partial charge in [-0.3, -0.25) is 4.57 Å². The Hall–Kier alpha value is 0.0600. The van der Waals surface area contributed by atoms with Crippen LogP contribution in [0.25, 0.3) is 0 Å². The maximum Gasteiger partial charge on any atom is 0.340 e. The zero-order chi connectivity index (χ0) is 7.49. The predicted molar refractivity (Wildman–Crippen MR) is 30.4 cm³/mol. The van der Waals surface area contributed by atoms with Gasteiger partial charge in [0, 0.05) is 0 Å². The van der Waals surface area contributed by atoms with E-state index in [1.54, 1.807) is 4.72 Å². The minimum atomic E-state index is -4.21. The van der Waals surface area contributed by atoms with Crippen molar-refractivity contribution < 1.29 is 22.8 Å². The summed E-state index contributed by atoms with van der Waals surface area (Å²) >= 11 is 0. The van der Waals surface area contributed by atoms with Crippen LogP contribution in [0.1, 0.15) is 0 Å². The monoisotopic (exact) mass is 175 g/mol. The molecular weight excluding hydrogens is 169 g/mol. The van der Waals surface area contributed by atoms with E-state index in [-0.39, 0.29) is 0 Å². The van der Waals surface area contributed by atoms with E-state index < -0.39 is 24.8 Å². The smallest absolute Gasteiger partial charge is 0.324 e. The van der Waals surface area contributed by atoms with Crippen LogP contribution < -0.4 is 4.72 Å². The molecule has 0 amide bonds. The van der Waals surface area contributed by atoms with Crippen LogP contribution in [-0.2, 0) is 15.5 Å². The van der Waals surface area contributed by atoms with Gasteiger partial charge in [-0.05, 0) is 0 Å². The molecule has 0 saturated heterocycles. The van der Waals surface area contributed by atoms with Gasteiger partial charge in [0.15, 0.2) is 0 Å². The molecule has 0 aromatic heterocycles. The van der Waals surface area contributed by atoms with Gasteiger partial charge in [-0.25, -0.2) is 13.1 Å². The lowest BCUT2D eigenvalue weighted by atomic mass is 11.5. The summed E-state index contributed by atoms with van der Waals surface area (Å²) in [5, 5.41) is 0. The minimum Gasteiger partial charge on any atom is -0.324 e. The Morgan fingerprint density at radius 3 is 2.00 bits per heavy atom. The van der Waals surface area contributed by atoms with E-state index >= 15 is 0 Å². The van der Waals surface area contributed by atoms with Crippen molar-refractivity contribution in [2.75, 3.05) is 6.29 Å². The molecule has 0 atom stereocenters.